The zero-order chi connectivity index (χ0) is 15.7. The molecule has 1 N–H and O–H groups in total. The minimum absolute atomic E-state index is 0.138. The molecule has 22 heavy (non-hydrogen) atoms. The van der Waals surface area contributed by atoms with Crippen LogP contribution in [0.15, 0.2) is 22.2 Å². The van der Waals surface area contributed by atoms with Crippen molar-refractivity contribution in [1.82, 2.24) is 9.97 Å². The summed E-state index contributed by atoms with van der Waals surface area (Å²) >= 11 is 4.50. The molecule has 0 unspecified atom stereocenters. The predicted molar refractivity (Wildman–Crippen MR) is 94.3 cm³/mol. The van der Waals surface area contributed by atoms with Gasteiger partial charge in [-0.05, 0) is 24.3 Å². The molecule has 3 aromatic heterocycles. The van der Waals surface area contributed by atoms with Crippen LogP contribution in [0.5, 0.6) is 0 Å². The molecule has 0 aliphatic heterocycles. The lowest BCUT2D eigenvalue weighted by molar-refractivity contribution is 0.103. The normalized spacial score (nSPS) is 11.1. The van der Waals surface area contributed by atoms with Gasteiger partial charge in [0.25, 0.3) is 5.91 Å². The summed E-state index contributed by atoms with van der Waals surface area (Å²) in [5, 5.41) is 10.4. The third-order valence-corrected chi connectivity index (χ3v) is 5.77. The molecule has 0 bridgehead atoms. The molecule has 114 valence electrons. The third-order valence-electron chi connectivity index (χ3n) is 3.10. The Kier molecular flexibility index (Phi) is 4.37. The van der Waals surface area contributed by atoms with Crippen LogP contribution in [-0.2, 0) is 0 Å². The van der Waals surface area contributed by atoms with Crippen LogP contribution >= 0.6 is 34.0 Å². The van der Waals surface area contributed by atoms with E-state index in [2.05, 4.69) is 29.1 Å². The maximum atomic E-state index is 12.4. The Bertz CT molecular complexity index is 787. The van der Waals surface area contributed by atoms with Gasteiger partial charge in [0.1, 0.15) is 9.88 Å². The summed E-state index contributed by atoms with van der Waals surface area (Å²) in [6.45, 7) is 6.03. The van der Waals surface area contributed by atoms with Crippen LogP contribution in [0.3, 0.4) is 0 Å². The zero-order valence-corrected chi connectivity index (χ0v) is 14.9. The Morgan fingerprint density at radius 2 is 2.09 bits per heavy atom. The molecule has 1 amide bonds. The van der Waals surface area contributed by atoms with Crippen LogP contribution in [0.2, 0.25) is 0 Å². The van der Waals surface area contributed by atoms with Crippen molar-refractivity contribution < 1.29 is 4.79 Å². The number of nitrogens with zero attached hydrogens (tertiary/aromatic N) is 2. The monoisotopic (exact) mass is 349 g/mol. The van der Waals surface area contributed by atoms with Gasteiger partial charge in [-0.1, -0.05) is 13.8 Å². The lowest BCUT2D eigenvalue weighted by Gasteiger charge is -2.00. The molecule has 0 atom stereocenters. The summed E-state index contributed by atoms with van der Waals surface area (Å²) in [5.74, 6) is 0.221. The molecular weight excluding hydrogens is 334 g/mol. The zero-order valence-electron chi connectivity index (χ0n) is 12.4. The molecule has 0 saturated carbocycles. The van der Waals surface area contributed by atoms with Crippen molar-refractivity contribution in [2.75, 3.05) is 5.32 Å². The Labute approximate surface area is 140 Å². The summed E-state index contributed by atoms with van der Waals surface area (Å²) in [4.78, 5) is 22.0. The van der Waals surface area contributed by atoms with E-state index in [-0.39, 0.29) is 5.91 Å². The van der Waals surface area contributed by atoms with E-state index in [1.165, 1.54) is 22.7 Å². The van der Waals surface area contributed by atoms with Gasteiger partial charge in [-0.25, -0.2) is 9.97 Å². The molecule has 0 spiro atoms. The Morgan fingerprint density at radius 1 is 1.27 bits per heavy atom. The minimum Gasteiger partial charge on any atom is -0.297 e. The van der Waals surface area contributed by atoms with Crippen molar-refractivity contribution in [3.05, 3.63) is 38.5 Å². The summed E-state index contributed by atoms with van der Waals surface area (Å²) in [5.41, 5.74) is 2.82. The van der Waals surface area contributed by atoms with Crippen molar-refractivity contribution in [2.45, 2.75) is 26.7 Å². The Hall–Kier alpha value is -1.57. The second-order valence-corrected chi connectivity index (χ2v) is 7.77. The van der Waals surface area contributed by atoms with Gasteiger partial charge in [-0.3, -0.25) is 10.1 Å². The lowest BCUT2D eigenvalue weighted by Crippen LogP contribution is -2.11. The highest BCUT2D eigenvalue weighted by atomic mass is 32.1. The molecule has 0 aromatic carbocycles. The van der Waals surface area contributed by atoms with Crippen LogP contribution in [0.25, 0.3) is 10.6 Å². The van der Waals surface area contributed by atoms with E-state index < -0.39 is 0 Å². The first-order valence-electron chi connectivity index (χ1n) is 6.81. The first-order chi connectivity index (χ1) is 10.5. The van der Waals surface area contributed by atoms with Crippen molar-refractivity contribution in [3.8, 4) is 10.6 Å². The molecule has 0 saturated heterocycles. The highest BCUT2D eigenvalue weighted by molar-refractivity contribution is 7.18. The molecular formula is C15H15N3OS3. The van der Waals surface area contributed by atoms with Crippen LogP contribution in [0, 0.1) is 6.92 Å². The quantitative estimate of drug-likeness (QED) is 0.720. The van der Waals surface area contributed by atoms with Crippen molar-refractivity contribution >= 4 is 45.0 Å². The van der Waals surface area contributed by atoms with E-state index in [0.717, 1.165) is 22.0 Å². The van der Waals surface area contributed by atoms with Crippen molar-refractivity contribution in [2.24, 2.45) is 0 Å². The first kappa shape index (κ1) is 15.3. The topological polar surface area (TPSA) is 54.9 Å². The molecule has 0 aliphatic rings. The third kappa shape index (κ3) is 3.11. The van der Waals surface area contributed by atoms with Crippen LogP contribution in [-0.4, -0.2) is 15.9 Å². The largest absolute Gasteiger partial charge is 0.297 e. The second kappa shape index (κ2) is 6.28. The maximum Gasteiger partial charge on any atom is 0.269 e. The molecule has 3 rings (SSSR count). The molecule has 3 aromatic rings. The van der Waals surface area contributed by atoms with Gasteiger partial charge in [0, 0.05) is 16.3 Å². The van der Waals surface area contributed by atoms with E-state index in [9.17, 15) is 4.79 Å². The Balaban J connectivity index is 1.80. The average molecular weight is 350 g/mol. The standard InChI is InChI=1S/C15H15N3OS3/c1-8(2)11-7-21-15(17-11)18-13(19)12-9(3)16-14(22-12)10-4-5-20-6-10/h4-8H,1-3H3,(H,17,18,19). The molecule has 4 nitrogen and oxygen atoms in total. The van der Waals surface area contributed by atoms with Crippen molar-refractivity contribution in [3.63, 3.8) is 0 Å². The molecule has 7 heteroatoms. The number of anilines is 1. The van der Waals surface area contributed by atoms with E-state index in [1.807, 2.05) is 29.1 Å². The number of aryl methyl sites for hydroxylation is 1. The Morgan fingerprint density at radius 3 is 2.73 bits per heavy atom. The fourth-order valence-electron chi connectivity index (χ4n) is 1.88. The van der Waals surface area contributed by atoms with E-state index in [0.29, 0.717) is 15.9 Å². The number of hydrogen-bond donors (Lipinski definition) is 1. The predicted octanol–water partition coefficient (Wildman–Crippen LogP) is 5.01. The fraction of sp³-hybridized carbons (Fsp3) is 0.267. The summed E-state index contributed by atoms with van der Waals surface area (Å²) in [6, 6.07) is 2.01. The van der Waals surface area contributed by atoms with E-state index in [1.54, 1.807) is 11.3 Å². The van der Waals surface area contributed by atoms with Crippen LogP contribution in [0.1, 0.15) is 40.8 Å². The molecule has 0 fully saturated rings. The minimum atomic E-state index is -0.138. The maximum absolute atomic E-state index is 12.4. The fourth-order valence-corrected chi connectivity index (χ4v) is 4.42. The van der Waals surface area contributed by atoms with Crippen LogP contribution < -0.4 is 5.32 Å². The number of thiophene rings is 1. The highest BCUT2D eigenvalue weighted by Gasteiger charge is 2.18. The summed E-state index contributed by atoms with van der Waals surface area (Å²) in [7, 11) is 0. The van der Waals surface area contributed by atoms with Gasteiger partial charge in [0.15, 0.2) is 5.13 Å². The second-order valence-electron chi connectivity index (χ2n) is 5.13. The van der Waals surface area contributed by atoms with Gasteiger partial charge in [-0.2, -0.15) is 11.3 Å². The highest BCUT2D eigenvalue weighted by Crippen LogP contribution is 2.30. The van der Waals surface area contributed by atoms with Crippen LogP contribution in [0.4, 0.5) is 5.13 Å². The molecule has 0 radical (unpaired) electrons. The number of hydrogen-bond acceptors (Lipinski definition) is 6. The number of nitrogens with one attached hydrogen (secondary N) is 1. The number of carbonyl (C=O) groups excluding carboxylic acids is 1. The van der Waals surface area contributed by atoms with E-state index in [4.69, 9.17) is 0 Å². The number of aromatic nitrogens is 2. The molecule has 0 aliphatic carbocycles. The number of thiazole rings is 2. The summed E-state index contributed by atoms with van der Waals surface area (Å²) < 4.78 is 0. The van der Waals surface area contributed by atoms with Gasteiger partial charge < -0.3 is 0 Å². The van der Waals surface area contributed by atoms with Gasteiger partial charge in [0.2, 0.25) is 0 Å². The van der Waals surface area contributed by atoms with Gasteiger partial charge >= 0.3 is 0 Å². The molecule has 3 heterocycles. The lowest BCUT2D eigenvalue weighted by atomic mass is 10.2. The van der Waals surface area contributed by atoms with Gasteiger partial charge in [-0.15, -0.1) is 22.7 Å². The first-order valence-corrected chi connectivity index (χ1v) is 9.45. The number of carbonyl (C=O) groups is 1. The number of amides is 1. The van der Waals surface area contributed by atoms with E-state index >= 15 is 0 Å². The summed E-state index contributed by atoms with van der Waals surface area (Å²) in [6.07, 6.45) is 0. The SMILES string of the molecule is Cc1nc(-c2ccsc2)sc1C(=O)Nc1nc(C(C)C)cs1. The van der Waals surface area contributed by atoms with Gasteiger partial charge in [0.05, 0.1) is 11.4 Å². The van der Waals surface area contributed by atoms with Crippen molar-refractivity contribution in [1.29, 1.82) is 0 Å². The number of rotatable bonds is 4. The smallest absolute Gasteiger partial charge is 0.269 e. The average Bonchev–Trinajstić information content (AvgIpc) is 3.16.